The smallest absolute Gasteiger partial charge is 0.0551 e. The van der Waals surface area contributed by atoms with E-state index in [0.29, 0.717) is 10.8 Å². The molecule has 1 aromatic rings. The van der Waals surface area contributed by atoms with Gasteiger partial charge < -0.3 is 5.32 Å². The van der Waals surface area contributed by atoms with E-state index in [0.717, 1.165) is 28.5 Å². The van der Waals surface area contributed by atoms with Gasteiger partial charge in [-0.05, 0) is 56.9 Å². The Balaban J connectivity index is 1.85. The third kappa shape index (κ3) is 2.48. The van der Waals surface area contributed by atoms with Crippen LogP contribution in [0, 0.1) is 16.7 Å². The van der Waals surface area contributed by atoms with Crippen molar-refractivity contribution in [1.29, 1.82) is 0 Å². The number of hydrogen-bond acceptors (Lipinski definition) is 1. The maximum absolute atomic E-state index is 6.08. The molecule has 0 bridgehead atoms. The van der Waals surface area contributed by atoms with Crippen LogP contribution in [0.4, 0.5) is 0 Å². The SMILES string of the molecule is CC1(C)C(CNCc2ccc(Br)c(Cl)c2)C1(C)C. The molecule has 1 fully saturated rings. The van der Waals surface area contributed by atoms with E-state index in [-0.39, 0.29) is 0 Å². The zero-order chi connectivity index (χ0) is 13.6. The Labute approximate surface area is 123 Å². The van der Waals surface area contributed by atoms with E-state index in [9.17, 15) is 0 Å². The molecule has 0 amide bonds. The molecule has 1 saturated carbocycles. The van der Waals surface area contributed by atoms with Crippen molar-refractivity contribution < 1.29 is 0 Å². The van der Waals surface area contributed by atoms with Gasteiger partial charge in [-0.25, -0.2) is 0 Å². The molecule has 0 aliphatic heterocycles. The maximum atomic E-state index is 6.08. The van der Waals surface area contributed by atoms with E-state index < -0.39 is 0 Å². The number of hydrogen-bond donors (Lipinski definition) is 1. The molecule has 18 heavy (non-hydrogen) atoms. The predicted molar refractivity (Wildman–Crippen MR) is 81.9 cm³/mol. The van der Waals surface area contributed by atoms with Crippen molar-refractivity contribution in [2.24, 2.45) is 16.7 Å². The Bertz CT molecular complexity index is 440. The van der Waals surface area contributed by atoms with Gasteiger partial charge in [0.25, 0.3) is 0 Å². The minimum Gasteiger partial charge on any atom is -0.312 e. The van der Waals surface area contributed by atoms with Crippen molar-refractivity contribution >= 4 is 27.5 Å². The van der Waals surface area contributed by atoms with Crippen molar-refractivity contribution in [3.8, 4) is 0 Å². The first-order chi connectivity index (χ1) is 8.26. The molecule has 0 radical (unpaired) electrons. The largest absolute Gasteiger partial charge is 0.312 e. The van der Waals surface area contributed by atoms with Crippen LogP contribution in [0.25, 0.3) is 0 Å². The maximum Gasteiger partial charge on any atom is 0.0551 e. The highest BCUT2D eigenvalue weighted by Crippen LogP contribution is 2.67. The second kappa shape index (κ2) is 4.81. The van der Waals surface area contributed by atoms with Crippen LogP contribution in [0.3, 0.4) is 0 Å². The molecule has 1 N–H and O–H groups in total. The number of halogens is 2. The molecule has 3 heteroatoms. The van der Waals surface area contributed by atoms with Crippen LogP contribution >= 0.6 is 27.5 Å². The average Bonchev–Trinajstić information content (AvgIpc) is 2.65. The first-order valence-electron chi connectivity index (χ1n) is 6.41. The van der Waals surface area contributed by atoms with Crippen LogP contribution in [0.5, 0.6) is 0 Å². The normalized spacial score (nSPS) is 21.0. The second-order valence-corrected chi connectivity index (χ2v) is 7.64. The Morgan fingerprint density at radius 2 is 1.83 bits per heavy atom. The molecular formula is C15H21BrClN. The monoisotopic (exact) mass is 329 g/mol. The highest BCUT2D eigenvalue weighted by atomic mass is 79.9. The molecular weight excluding hydrogens is 310 g/mol. The van der Waals surface area contributed by atoms with Crippen molar-refractivity contribution in [3.05, 3.63) is 33.3 Å². The summed E-state index contributed by atoms with van der Waals surface area (Å²) in [5.41, 5.74) is 2.15. The Morgan fingerprint density at radius 1 is 1.22 bits per heavy atom. The second-order valence-electron chi connectivity index (χ2n) is 6.38. The summed E-state index contributed by atoms with van der Waals surface area (Å²) in [4.78, 5) is 0. The summed E-state index contributed by atoms with van der Waals surface area (Å²) in [5, 5.41) is 4.33. The standard InChI is InChI=1S/C15H21BrClN/c1-14(2)13(15(14,3)4)9-18-8-10-5-6-11(16)12(17)7-10/h5-7,13,18H,8-9H2,1-4H3. The molecule has 100 valence electrons. The van der Waals surface area contributed by atoms with Gasteiger partial charge in [-0.1, -0.05) is 45.4 Å². The third-order valence-corrected chi connectivity index (χ3v) is 6.21. The molecule has 0 unspecified atom stereocenters. The highest BCUT2D eigenvalue weighted by Gasteiger charge is 2.63. The van der Waals surface area contributed by atoms with Crippen LogP contribution in [0.15, 0.2) is 22.7 Å². The van der Waals surface area contributed by atoms with Crippen molar-refractivity contribution in [3.63, 3.8) is 0 Å². The fourth-order valence-electron chi connectivity index (χ4n) is 2.85. The zero-order valence-corrected chi connectivity index (χ0v) is 13.8. The van der Waals surface area contributed by atoms with Crippen LogP contribution in [-0.4, -0.2) is 6.54 Å². The average molecular weight is 331 g/mol. The van der Waals surface area contributed by atoms with E-state index in [4.69, 9.17) is 11.6 Å². The highest BCUT2D eigenvalue weighted by molar-refractivity contribution is 9.10. The summed E-state index contributed by atoms with van der Waals surface area (Å²) >= 11 is 9.49. The lowest BCUT2D eigenvalue weighted by Crippen LogP contribution is -2.18. The van der Waals surface area contributed by atoms with Gasteiger partial charge in [0, 0.05) is 11.0 Å². The summed E-state index contributed by atoms with van der Waals surface area (Å²) in [6.07, 6.45) is 0. The topological polar surface area (TPSA) is 12.0 Å². The van der Waals surface area contributed by atoms with Crippen LogP contribution in [-0.2, 0) is 6.54 Å². The van der Waals surface area contributed by atoms with Gasteiger partial charge in [-0.15, -0.1) is 0 Å². The fourth-order valence-corrected chi connectivity index (χ4v) is 3.30. The summed E-state index contributed by atoms with van der Waals surface area (Å²) in [6.45, 7) is 11.4. The fraction of sp³-hybridized carbons (Fsp3) is 0.600. The van der Waals surface area contributed by atoms with E-state index in [1.165, 1.54) is 5.56 Å². The van der Waals surface area contributed by atoms with Crippen LogP contribution in [0.2, 0.25) is 5.02 Å². The molecule has 1 aliphatic carbocycles. The summed E-state index contributed by atoms with van der Waals surface area (Å²) in [5.74, 6) is 0.760. The predicted octanol–water partition coefficient (Wildman–Crippen LogP) is 4.87. The van der Waals surface area contributed by atoms with Gasteiger partial charge in [0.2, 0.25) is 0 Å². The molecule has 1 nitrogen and oxygen atoms in total. The molecule has 1 aromatic carbocycles. The molecule has 0 atom stereocenters. The lowest BCUT2D eigenvalue weighted by molar-refractivity contribution is 0.457. The van der Waals surface area contributed by atoms with E-state index in [2.05, 4.69) is 55.0 Å². The van der Waals surface area contributed by atoms with Gasteiger partial charge in [0.05, 0.1) is 5.02 Å². The molecule has 0 heterocycles. The molecule has 0 aromatic heterocycles. The molecule has 2 rings (SSSR count). The minimum atomic E-state index is 0.456. The first-order valence-corrected chi connectivity index (χ1v) is 7.58. The lowest BCUT2D eigenvalue weighted by Gasteiger charge is -2.07. The van der Waals surface area contributed by atoms with E-state index in [1.807, 2.05) is 12.1 Å². The Morgan fingerprint density at radius 3 is 2.33 bits per heavy atom. The number of rotatable bonds is 4. The number of benzene rings is 1. The zero-order valence-electron chi connectivity index (χ0n) is 11.5. The summed E-state index contributed by atoms with van der Waals surface area (Å²) in [7, 11) is 0. The Hall–Kier alpha value is -0.0500. The first kappa shape index (κ1) is 14.4. The van der Waals surface area contributed by atoms with Crippen LogP contribution < -0.4 is 5.32 Å². The van der Waals surface area contributed by atoms with Gasteiger partial charge in [0.1, 0.15) is 0 Å². The van der Waals surface area contributed by atoms with Crippen molar-refractivity contribution in [2.75, 3.05) is 6.54 Å². The molecule has 0 saturated heterocycles. The van der Waals surface area contributed by atoms with Gasteiger partial charge in [-0.3, -0.25) is 0 Å². The molecule has 1 aliphatic rings. The minimum absolute atomic E-state index is 0.456. The number of nitrogens with one attached hydrogen (secondary N) is 1. The Kier molecular flexibility index (Phi) is 3.84. The quantitative estimate of drug-likeness (QED) is 0.830. The van der Waals surface area contributed by atoms with E-state index >= 15 is 0 Å². The van der Waals surface area contributed by atoms with Crippen molar-refractivity contribution in [1.82, 2.24) is 5.32 Å². The van der Waals surface area contributed by atoms with E-state index in [1.54, 1.807) is 0 Å². The van der Waals surface area contributed by atoms with Crippen molar-refractivity contribution in [2.45, 2.75) is 34.2 Å². The van der Waals surface area contributed by atoms with Crippen LogP contribution in [0.1, 0.15) is 33.3 Å². The van der Waals surface area contributed by atoms with Gasteiger partial charge in [-0.2, -0.15) is 0 Å². The molecule has 0 spiro atoms. The lowest BCUT2D eigenvalue weighted by atomic mass is 10.0. The van der Waals surface area contributed by atoms with Gasteiger partial charge >= 0.3 is 0 Å². The third-order valence-electron chi connectivity index (χ3n) is 4.98. The summed E-state index contributed by atoms with van der Waals surface area (Å²) in [6, 6.07) is 6.12. The summed E-state index contributed by atoms with van der Waals surface area (Å²) < 4.78 is 0.956. The van der Waals surface area contributed by atoms with Gasteiger partial charge in [0.15, 0.2) is 0 Å².